The molecule has 1 heterocycles. The first-order valence-electron chi connectivity index (χ1n) is 7.23. The molecule has 130 valence electrons. The van der Waals surface area contributed by atoms with Crippen LogP contribution in [-0.4, -0.2) is 37.3 Å². The van der Waals surface area contributed by atoms with E-state index in [4.69, 9.17) is 5.73 Å². The van der Waals surface area contributed by atoms with Gasteiger partial charge in [0.1, 0.15) is 0 Å². The third-order valence-corrected chi connectivity index (χ3v) is 6.24. The predicted molar refractivity (Wildman–Crippen MR) is 90.4 cm³/mol. The highest BCUT2D eigenvalue weighted by Crippen LogP contribution is 2.30. The highest BCUT2D eigenvalue weighted by molar-refractivity contribution is 7.89. The smallest absolute Gasteiger partial charge is 0.271 e. The van der Waals surface area contributed by atoms with Crippen molar-refractivity contribution < 1.29 is 13.3 Å². The van der Waals surface area contributed by atoms with E-state index in [9.17, 15) is 18.5 Å². The molecule has 2 N–H and O–H groups in total. The van der Waals surface area contributed by atoms with Gasteiger partial charge in [-0.1, -0.05) is 0 Å². The van der Waals surface area contributed by atoms with Gasteiger partial charge in [-0.05, 0) is 50.3 Å². The van der Waals surface area contributed by atoms with Crippen molar-refractivity contribution in [1.29, 1.82) is 0 Å². The van der Waals surface area contributed by atoms with Crippen molar-refractivity contribution in [3.63, 3.8) is 0 Å². The van der Waals surface area contributed by atoms with Crippen LogP contribution < -0.4 is 5.73 Å². The van der Waals surface area contributed by atoms with Crippen LogP contribution in [0, 0.1) is 29.9 Å². The van der Waals surface area contributed by atoms with Crippen molar-refractivity contribution in [1.82, 2.24) is 4.31 Å². The number of aryl methyl sites for hydroxylation is 1. The Morgan fingerprint density at radius 3 is 2.61 bits per heavy atom. The number of nitrogens with zero attached hydrogens (tertiary/aromatic N) is 2. The van der Waals surface area contributed by atoms with E-state index in [1.165, 1.54) is 10.4 Å². The largest absolute Gasteiger partial charge is 0.330 e. The van der Waals surface area contributed by atoms with Gasteiger partial charge in [0.05, 0.1) is 9.82 Å². The second-order valence-corrected chi connectivity index (χ2v) is 7.66. The van der Waals surface area contributed by atoms with E-state index < -0.39 is 14.9 Å². The Balaban J connectivity index is 0.00000264. The maximum Gasteiger partial charge on any atom is 0.271 e. The van der Waals surface area contributed by atoms with Crippen molar-refractivity contribution >= 4 is 28.1 Å². The van der Waals surface area contributed by atoms with Crippen LogP contribution in [0.1, 0.15) is 24.0 Å². The van der Waals surface area contributed by atoms with Crippen LogP contribution in [0.4, 0.5) is 5.69 Å². The van der Waals surface area contributed by atoms with Crippen molar-refractivity contribution in [2.24, 2.45) is 11.7 Å². The molecular formula is C14H22ClN3O4S. The third-order valence-electron chi connectivity index (χ3n) is 4.25. The Morgan fingerprint density at radius 2 is 2.04 bits per heavy atom. The molecule has 1 aromatic rings. The molecule has 7 nitrogen and oxygen atoms in total. The van der Waals surface area contributed by atoms with E-state index in [1.807, 2.05) is 0 Å². The van der Waals surface area contributed by atoms with Gasteiger partial charge in [-0.2, -0.15) is 4.31 Å². The van der Waals surface area contributed by atoms with Crippen LogP contribution >= 0.6 is 12.4 Å². The molecule has 1 atom stereocenters. The fraction of sp³-hybridized carbons (Fsp3) is 0.571. The van der Waals surface area contributed by atoms with Crippen molar-refractivity contribution in [2.75, 3.05) is 19.6 Å². The Labute approximate surface area is 142 Å². The normalized spacial score (nSPS) is 19.2. The van der Waals surface area contributed by atoms with Crippen LogP contribution in [-0.2, 0) is 10.0 Å². The molecule has 1 aliphatic heterocycles. The third kappa shape index (κ3) is 4.00. The lowest BCUT2D eigenvalue weighted by Crippen LogP contribution is -2.42. The van der Waals surface area contributed by atoms with Gasteiger partial charge >= 0.3 is 0 Å². The summed E-state index contributed by atoms with van der Waals surface area (Å²) in [6, 6.07) is 2.55. The quantitative estimate of drug-likeness (QED) is 0.650. The summed E-state index contributed by atoms with van der Waals surface area (Å²) in [6.45, 7) is 4.61. The molecule has 0 amide bonds. The minimum Gasteiger partial charge on any atom is -0.330 e. The topological polar surface area (TPSA) is 107 Å². The first-order chi connectivity index (χ1) is 10.3. The highest BCUT2D eigenvalue weighted by Gasteiger charge is 2.32. The van der Waals surface area contributed by atoms with E-state index in [0.29, 0.717) is 30.8 Å². The number of nitro benzene ring substituents is 1. The van der Waals surface area contributed by atoms with Gasteiger partial charge in [0.25, 0.3) is 5.69 Å². The van der Waals surface area contributed by atoms with E-state index in [1.54, 1.807) is 13.8 Å². The number of non-ortho nitro benzene ring substituents is 1. The molecular weight excluding hydrogens is 342 g/mol. The molecule has 0 spiro atoms. The van der Waals surface area contributed by atoms with Crippen LogP contribution in [0.2, 0.25) is 0 Å². The molecule has 0 aliphatic carbocycles. The summed E-state index contributed by atoms with van der Waals surface area (Å²) in [7, 11) is -3.74. The van der Waals surface area contributed by atoms with Crippen LogP contribution in [0.15, 0.2) is 17.0 Å². The highest BCUT2D eigenvalue weighted by atomic mass is 35.5. The number of halogens is 1. The SMILES string of the molecule is Cc1cc([N+](=O)[O-])cc(S(=O)(=O)N2CCCC(CN)C2)c1C.Cl. The van der Waals surface area contributed by atoms with E-state index in [-0.39, 0.29) is 28.9 Å². The number of rotatable bonds is 4. The Hall–Kier alpha value is -1.22. The lowest BCUT2D eigenvalue weighted by Gasteiger charge is -2.31. The molecule has 0 radical (unpaired) electrons. The molecule has 1 aliphatic rings. The number of nitrogens with two attached hydrogens (primary N) is 1. The Bertz CT molecular complexity index is 694. The molecule has 9 heteroatoms. The van der Waals surface area contributed by atoms with Gasteiger partial charge < -0.3 is 5.73 Å². The monoisotopic (exact) mass is 363 g/mol. The summed E-state index contributed by atoms with van der Waals surface area (Å²) in [5.41, 5.74) is 6.61. The minimum absolute atomic E-state index is 0. The number of hydrogen-bond donors (Lipinski definition) is 1. The van der Waals surface area contributed by atoms with Gasteiger partial charge in [0.15, 0.2) is 0 Å². The van der Waals surface area contributed by atoms with E-state index >= 15 is 0 Å². The molecule has 1 saturated heterocycles. The van der Waals surface area contributed by atoms with Crippen molar-refractivity contribution in [3.05, 3.63) is 33.4 Å². The van der Waals surface area contributed by atoms with Crippen LogP contribution in [0.3, 0.4) is 0 Å². The van der Waals surface area contributed by atoms with Crippen molar-refractivity contribution in [2.45, 2.75) is 31.6 Å². The number of hydrogen-bond acceptors (Lipinski definition) is 5. The van der Waals surface area contributed by atoms with Crippen molar-refractivity contribution in [3.8, 4) is 0 Å². The minimum atomic E-state index is -3.74. The summed E-state index contributed by atoms with van der Waals surface area (Å²) in [4.78, 5) is 10.5. The summed E-state index contributed by atoms with van der Waals surface area (Å²) in [5.74, 6) is 0.142. The molecule has 1 unspecified atom stereocenters. The number of benzene rings is 1. The second-order valence-electron chi connectivity index (χ2n) is 5.75. The number of sulfonamides is 1. The van der Waals surface area contributed by atoms with E-state index in [2.05, 4.69) is 0 Å². The first kappa shape index (κ1) is 19.8. The molecule has 0 aromatic heterocycles. The summed E-state index contributed by atoms with van der Waals surface area (Å²) < 4.78 is 27.1. The van der Waals surface area contributed by atoms with Gasteiger partial charge in [-0.15, -0.1) is 12.4 Å². The van der Waals surface area contributed by atoms with E-state index in [0.717, 1.165) is 18.9 Å². The standard InChI is InChI=1S/C14H21N3O4S.ClH/c1-10-6-13(17(18)19)7-14(11(10)2)22(20,21)16-5-3-4-12(8-15)9-16;/h6-7,12H,3-5,8-9,15H2,1-2H3;1H. The molecule has 0 bridgehead atoms. The molecule has 1 fully saturated rings. The van der Waals surface area contributed by atoms with Gasteiger partial charge in [-0.3, -0.25) is 10.1 Å². The maximum atomic E-state index is 12.9. The maximum absolute atomic E-state index is 12.9. The van der Waals surface area contributed by atoms with Gasteiger partial charge in [0.2, 0.25) is 10.0 Å². The summed E-state index contributed by atoms with van der Waals surface area (Å²) >= 11 is 0. The Morgan fingerprint density at radius 1 is 1.39 bits per heavy atom. The van der Waals surface area contributed by atoms with Crippen LogP contribution in [0.25, 0.3) is 0 Å². The average molecular weight is 364 g/mol. The summed E-state index contributed by atoms with van der Waals surface area (Å²) in [6.07, 6.45) is 1.67. The molecule has 23 heavy (non-hydrogen) atoms. The zero-order chi connectivity index (χ0) is 16.5. The zero-order valence-electron chi connectivity index (χ0n) is 13.2. The van der Waals surface area contributed by atoms with Gasteiger partial charge in [0, 0.05) is 25.2 Å². The molecule has 1 aromatic carbocycles. The number of piperidine rings is 1. The predicted octanol–water partition coefficient (Wildman–Crippen LogP) is 1.99. The molecule has 2 rings (SSSR count). The molecule has 0 saturated carbocycles. The lowest BCUT2D eigenvalue weighted by atomic mass is 10.0. The number of nitro groups is 1. The van der Waals surface area contributed by atoms with Gasteiger partial charge in [-0.25, -0.2) is 8.42 Å². The van der Waals surface area contributed by atoms with Crippen LogP contribution in [0.5, 0.6) is 0 Å². The second kappa shape index (κ2) is 7.57. The lowest BCUT2D eigenvalue weighted by molar-refractivity contribution is -0.385. The first-order valence-corrected chi connectivity index (χ1v) is 8.67. The fourth-order valence-corrected chi connectivity index (χ4v) is 4.63. The fourth-order valence-electron chi connectivity index (χ4n) is 2.76. The zero-order valence-corrected chi connectivity index (χ0v) is 14.8. The Kier molecular flexibility index (Phi) is 6.52. The average Bonchev–Trinajstić information content (AvgIpc) is 2.49. The summed E-state index contributed by atoms with van der Waals surface area (Å²) in [5, 5.41) is 11.0.